The lowest BCUT2D eigenvalue weighted by Crippen LogP contribution is -2.23. The number of hydrogen-bond acceptors (Lipinski definition) is 5. The first kappa shape index (κ1) is 16.8. The maximum Gasteiger partial charge on any atom is 0.274 e. The number of amides is 1. The van der Waals surface area contributed by atoms with E-state index in [4.69, 9.17) is 0 Å². The van der Waals surface area contributed by atoms with Crippen molar-refractivity contribution >= 4 is 22.9 Å². The van der Waals surface area contributed by atoms with Gasteiger partial charge >= 0.3 is 0 Å². The maximum atomic E-state index is 12.5. The van der Waals surface area contributed by atoms with Crippen molar-refractivity contribution in [3.05, 3.63) is 74.5 Å². The van der Waals surface area contributed by atoms with E-state index in [1.807, 2.05) is 23.8 Å². The smallest absolute Gasteiger partial charge is 0.274 e. The molecule has 25 heavy (non-hydrogen) atoms. The number of nitrogens with zero attached hydrogens (tertiary/aromatic N) is 3. The van der Waals surface area contributed by atoms with Crippen molar-refractivity contribution in [3.63, 3.8) is 0 Å². The van der Waals surface area contributed by atoms with Crippen molar-refractivity contribution in [2.45, 2.75) is 20.4 Å². The van der Waals surface area contributed by atoms with Crippen LogP contribution in [0.15, 0.2) is 41.9 Å². The number of benzene rings is 1. The molecule has 2 heterocycles. The fourth-order valence-corrected chi connectivity index (χ4v) is 3.47. The SMILES string of the molecule is Cc1cc(C(=O)NCc2ccccc2[N+](=O)[O-])c(C)n1-c1nccs1. The fourth-order valence-electron chi connectivity index (χ4n) is 2.72. The van der Waals surface area contributed by atoms with Crippen molar-refractivity contribution in [1.82, 2.24) is 14.9 Å². The number of para-hydroxylation sites is 1. The summed E-state index contributed by atoms with van der Waals surface area (Å²) in [7, 11) is 0. The molecular weight excluding hydrogens is 340 g/mol. The molecule has 128 valence electrons. The minimum absolute atomic E-state index is 0.00365. The van der Waals surface area contributed by atoms with Gasteiger partial charge in [0.05, 0.1) is 10.5 Å². The monoisotopic (exact) mass is 356 g/mol. The summed E-state index contributed by atoms with van der Waals surface area (Å²) in [6.07, 6.45) is 1.72. The summed E-state index contributed by atoms with van der Waals surface area (Å²) in [5, 5.41) is 16.5. The van der Waals surface area contributed by atoms with Crippen LogP contribution < -0.4 is 5.32 Å². The second kappa shape index (κ2) is 6.86. The van der Waals surface area contributed by atoms with Gasteiger partial charge in [-0.3, -0.25) is 19.5 Å². The van der Waals surface area contributed by atoms with Crippen LogP contribution >= 0.6 is 11.3 Å². The van der Waals surface area contributed by atoms with Crippen LogP contribution in [-0.2, 0) is 6.54 Å². The molecule has 8 heteroatoms. The van der Waals surface area contributed by atoms with Crippen LogP contribution in [0.25, 0.3) is 5.13 Å². The summed E-state index contributed by atoms with van der Waals surface area (Å²) in [6.45, 7) is 3.86. The van der Waals surface area contributed by atoms with E-state index in [1.54, 1.807) is 30.5 Å². The number of thiazole rings is 1. The highest BCUT2D eigenvalue weighted by molar-refractivity contribution is 7.12. The molecule has 1 N–H and O–H groups in total. The third-order valence-electron chi connectivity index (χ3n) is 3.91. The number of carbonyl (C=O) groups is 1. The Hall–Kier alpha value is -3.00. The van der Waals surface area contributed by atoms with Crippen molar-refractivity contribution in [1.29, 1.82) is 0 Å². The number of aryl methyl sites for hydroxylation is 1. The summed E-state index contributed by atoms with van der Waals surface area (Å²) >= 11 is 1.49. The van der Waals surface area contributed by atoms with Gasteiger partial charge in [0.25, 0.3) is 11.6 Å². The van der Waals surface area contributed by atoms with E-state index in [-0.39, 0.29) is 18.1 Å². The molecule has 0 aliphatic heterocycles. The zero-order valence-electron chi connectivity index (χ0n) is 13.7. The summed E-state index contributed by atoms with van der Waals surface area (Å²) < 4.78 is 1.92. The highest BCUT2D eigenvalue weighted by Gasteiger charge is 2.19. The molecule has 0 atom stereocenters. The summed E-state index contributed by atoms with van der Waals surface area (Å²) in [6, 6.07) is 8.17. The van der Waals surface area contributed by atoms with E-state index in [1.165, 1.54) is 17.4 Å². The Morgan fingerprint density at radius 3 is 2.80 bits per heavy atom. The molecule has 0 bridgehead atoms. The predicted molar refractivity (Wildman–Crippen MR) is 95.2 cm³/mol. The van der Waals surface area contributed by atoms with Gasteiger partial charge in [0.15, 0.2) is 5.13 Å². The molecule has 3 aromatic rings. The van der Waals surface area contributed by atoms with Crippen LogP contribution in [0.3, 0.4) is 0 Å². The van der Waals surface area contributed by atoms with Crippen LogP contribution in [0.4, 0.5) is 5.69 Å². The molecular formula is C17H16N4O3S. The van der Waals surface area contributed by atoms with Gasteiger partial charge in [0.1, 0.15) is 0 Å². The van der Waals surface area contributed by atoms with Crippen LogP contribution in [0, 0.1) is 24.0 Å². The number of aromatic nitrogens is 2. The van der Waals surface area contributed by atoms with Crippen molar-refractivity contribution in [2.24, 2.45) is 0 Å². The third-order valence-corrected chi connectivity index (χ3v) is 4.67. The quantitative estimate of drug-likeness (QED) is 0.560. The standard InChI is InChI=1S/C17H16N4O3S/c1-11-9-14(12(2)20(11)17-18-7-8-25-17)16(22)19-10-13-5-3-4-6-15(13)21(23)24/h3-9H,10H2,1-2H3,(H,19,22). The van der Waals surface area contributed by atoms with Crippen molar-refractivity contribution in [2.75, 3.05) is 0 Å². The zero-order valence-corrected chi connectivity index (χ0v) is 14.5. The molecule has 0 fully saturated rings. The molecule has 0 aliphatic rings. The van der Waals surface area contributed by atoms with Crippen LogP contribution in [-0.4, -0.2) is 20.4 Å². The van der Waals surface area contributed by atoms with Gasteiger partial charge in [-0.15, -0.1) is 11.3 Å². The zero-order chi connectivity index (χ0) is 18.0. The Morgan fingerprint density at radius 1 is 1.36 bits per heavy atom. The largest absolute Gasteiger partial charge is 0.348 e. The Morgan fingerprint density at radius 2 is 2.12 bits per heavy atom. The minimum atomic E-state index is -0.449. The summed E-state index contributed by atoms with van der Waals surface area (Å²) in [5.74, 6) is -0.269. The number of hydrogen-bond donors (Lipinski definition) is 1. The fraction of sp³-hybridized carbons (Fsp3) is 0.176. The summed E-state index contributed by atoms with van der Waals surface area (Å²) in [5.41, 5.74) is 2.69. The first-order valence-electron chi connectivity index (χ1n) is 7.58. The maximum absolute atomic E-state index is 12.5. The van der Waals surface area contributed by atoms with Gasteiger partial charge in [-0.2, -0.15) is 0 Å². The van der Waals surface area contributed by atoms with Crippen molar-refractivity contribution in [3.8, 4) is 5.13 Å². The lowest BCUT2D eigenvalue weighted by atomic mass is 10.1. The Kier molecular flexibility index (Phi) is 4.62. The molecule has 3 rings (SSSR count). The molecule has 1 amide bonds. The van der Waals surface area contributed by atoms with Gasteiger partial charge < -0.3 is 5.32 Å². The molecule has 0 radical (unpaired) electrons. The molecule has 0 saturated heterocycles. The average Bonchev–Trinajstić information content (AvgIpc) is 3.20. The molecule has 0 spiro atoms. The van der Waals surface area contributed by atoms with Gasteiger partial charge in [0, 0.05) is 41.1 Å². The van der Waals surface area contributed by atoms with Crippen molar-refractivity contribution < 1.29 is 9.72 Å². The molecule has 1 aromatic carbocycles. The molecule has 0 aliphatic carbocycles. The lowest BCUT2D eigenvalue weighted by molar-refractivity contribution is -0.385. The molecule has 2 aromatic heterocycles. The highest BCUT2D eigenvalue weighted by Crippen LogP contribution is 2.23. The predicted octanol–water partition coefficient (Wildman–Crippen LogP) is 3.39. The number of nitro groups is 1. The normalized spacial score (nSPS) is 10.6. The first-order chi connectivity index (χ1) is 12.0. The van der Waals surface area contributed by atoms with E-state index in [0.29, 0.717) is 11.1 Å². The van der Waals surface area contributed by atoms with Gasteiger partial charge in [-0.05, 0) is 19.9 Å². The number of nitro benzene ring substituents is 1. The third kappa shape index (κ3) is 3.29. The van der Waals surface area contributed by atoms with Crippen LogP contribution in [0.5, 0.6) is 0 Å². The van der Waals surface area contributed by atoms with E-state index >= 15 is 0 Å². The Bertz CT molecular complexity index is 932. The second-order valence-electron chi connectivity index (χ2n) is 5.50. The average molecular weight is 356 g/mol. The minimum Gasteiger partial charge on any atom is -0.348 e. The molecule has 0 unspecified atom stereocenters. The first-order valence-corrected chi connectivity index (χ1v) is 8.46. The van der Waals surface area contributed by atoms with E-state index in [9.17, 15) is 14.9 Å². The topological polar surface area (TPSA) is 90.1 Å². The van der Waals surface area contributed by atoms with E-state index in [2.05, 4.69) is 10.3 Å². The summed E-state index contributed by atoms with van der Waals surface area (Å²) in [4.78, 5) is 27.4. The van der Waals surface area contributed by atoms with Gasteiger partial charge in [-0.25, -0.2) is 4.98 Å². The number of carbonyl (C=O) groups excluding carboxylic acids is 1. The van der Waals surface area contributed by atoms with Gasteiger partial charge in [0.2, 0.25) is 0 Å². The molecule has 0 saturated carbocycles. The van der Waals surface area contributed by atoms with E-state index < -0.39 is 4.92 Å². The highest BCUT2D eigenvalue weighted by atomic mass is 32.1. The Balaban J connectivity index is 1.81. The van der Waals surface area contributed by atoms with Crippen LogP contribution in [0.1, 0.15) is 27.3 Å². The van der Waals surface area contributed by atoms with E-state index in [0.717, 1.165) is 16.5 Å². The van der Waals surface area contributed by atoms with Gasteiger partial charge in [-0.1, -0.05) is 18.2 Å². The number of nitrogens with one attached hydrogen (secondary N) is 1. The Labute approximate surface area is 148 Å². The number of rotatable bonds is 5. The second-order valence-corrected chi connectivity index (χ2v) is 6.38. The molecule has 7 nitrogen and oxygen atoms in total. The van der Waals surface area contributed by atoms with Crippen LogP contribution in [0.2, 0.25) is 0 Å². The lowest BCUT2D eigenvalue weighted by Gasteiger charge is -2.07.